The van der Waals surface area contributed by atoms with Gasteiger partial charge in [-0.3, -0.25) is 9.52 Å². The Bertz CT molecular complexity index is 1270. The highest BCUT2D eigenvalue weighted by atomic mass is 32.2. The van der Waals surface area contributed by atoms with Crippen molar-refractivity contribution in [1.29, 1.82) is 0 Å². The summed E-state index contributed by atoms with van der Waals surface area (Å²) in [5.74, 6) is 0.557. The molecule has 0 aliphatic carbocycles. The largest absolute Gasteiger partial charge is 0.339 e. The minimum absolute atomic E-state index is 0.0476. The number of nitrogens with zero attached hydrogens (tertiary/aromatic N) is 2. The monoisotopic (exact) mass is 454 g/mol. The van der Waals surface area contributed by atoms with Gasteiger partial charge in [0, 0.05) is 35.2 Å². The molecule has 1 amide bonds. The van der Waals surface area contributed by atoms with Crippen molar-refractivity contribution < 1.29 is 17.7 Å². The Morgan fingerprint density at radius 3 is 2.61 bits per heavy atom. The highest BCUT2D eigenvalue weighted by Crippen LogP contribution is 2.21. The molecule has 2 N–H and O–H groups in total. The third-order valence-electron chi connectivity index (χ3n) is 4.27. The van der Waals surface area contributed by atoms with Gasteiger partial charge in [0.15, 0.2) is 0 Å². The molecule has 2 aromatic heterocycles. The molecule has 0 radical (unpaired) electrons. The summed E-state index contributed by atoms with van der Waals surface area (Å²) in [4.78, 5) is 16.6. The molecule has 158 valence electrons. The number of sulfonamides is 1. The third kappa shape index (κ3) is 5.36. The molecule has 8 nitrogen and oxygen atoms in total. The minimum Gasteiger partial charge on any atom is -0.339 e. The van der Waals surface area contributed by atoms with Crippen LogP contribution in [-0.4, -0.2) is 24.5 Å². The van der Waals surface area contributed by atoms with Gasteiger partial charge in [-0.05, 0) is 41.8 Å². The van der Waals surface area contributed by atoms with E-state index in [9.17, 15) is 13.2 Å². The van der Waals surface area contributed by atoms with Gasteiger partial charge in [0.2, 0.25) is 17.6 Å². The molecule has 2 aromatic carbocycles. The normalized spacial score (nSPS) is 11.2. The molecule has 0 fully saturated rings. The van der Waals surface area contributed by atoms with E-state index < -0.39 is 10.0 Å². The second kappa shape index (κ2) is 9.11. The number of thiophene rings is 1. The number of hydrogen-bond donors (Lipinski definition) is 2. The maximum absolute atomic E-state index is 12.6. The average molecular weight is 455 g/mol. The summed E-state index contributed by atoms with van der Waals surface area (Å²) in [7, 11) is -3.78. The summed E-state index contributed by atoms with van der Waals surface area (Å²) in [6.45, 7) is 0. The number of anilines is 2. The SMILES string of the molecule is O=C(CCc1nc(-c2ccsc2)no1)Nc1cccc(S(=O)(=O)Nc2ccccc2)c1. The van der Waals surface area contributed by atoms with Crippen LogP contribution in [0.1, 0.15) is 12.3 Å². The number of aromatic nitrogens is 2. The number of carbonyl (C=O) groups excluding carboxylic acids is 1. The lowest BCUT2D eigenvalue weighted by molar-refractivity contribution is -0.116. The van der Waals surface area contributed by atoms with Crippen molar-refractivity contribution >= 4 is 38.6 Å². The highest BCUT2D eigenvalue weighted by Gasteiger charge is 2.16. The summed E-state index contributed by atoms with van der Waals surface area (Å²) >= 11 is 1.53. The number of nitrogens with one attached hydrogen (secondary N) is 2. The minimum atomic E-state index is -3.78. The van der Waals surface area contributed by atoms with Crippen molar-refractivity contribution in [3.63, 3.8) is 0 Å². The van der Waals surface area contributed by atoms with Crippen molar-refractivity contribution in [1.82, 2.24) is 10.1 Å². The molecule has 0 saturated heterocycles. The number of hydrogen-bond acceptors (Lipinski definition) is 7. The highest BCUT2D eigenvalue weighted by molar-refractivity contribution is 7.92. The standard InChI is InChI=1S/C21H18N4O4S2/c26-19(9-10-20-23-21(24-29-20)15-11-12-30-14-15)22-17-7-4-8-18(13-17)31(27,28)25-16-5-2-1-3-6-16/h1-8,11-14,25H,9-10H2,(H,22,26). The Kier molecular flexibility index (Phi) is 6.10. The Morgan fingerprint density at radius 1 is 1.03 bits per heavy atom. The maximum atomic E-state index is 12.6. The van der Waals surface area contributed by atoms with Gasteiger partial charge in [-0.25, -0.2) is 8.42 Å². The zero-order valence-corrected chi connectivity index (χ0v) is 17.8. The fourth-order valence-electron chi connectivity index (χ4n) is 2.77. The third-order valence-corrected chi connectivity index (χ3v) is 6.33. The molecule has 2 heterocycles. The number of para-hydroxylation sites is 1. The second-order valence-corrected chi connectivity index (χ2v) is 9.03. The van der Waals surface area contributed by atoms with Gasteiger partial charge in [-0.1, -0.05) is 29.4 Å². The van der Waals surface area contributed by atoms with E-state index in [2.05, 4.69) is 20.2 Å². The van der Waals surface area contributed by atoms with Gasteiger partial charge >= 0.3 is 0 Å². The van der Waals surface area contributed by atoms with Crippen LogP contribution in [0, 0.1) is 0 Å². The van der Waals surface area contributed by atoms with E-state index in [1.165, 1.54) is 23.5 Å². The predicted molar refractivity (Wildman–Crippen MR) is 118 cm³/mol. The lowest BCUT2D eigenvalue weighted by Crippen LogP contribution is -2.15. The van der Waals surface area contributed by atoms with Crippen molar-refractivity contribution in [3.8, 4) is 11.4 Å². The number of benzene rings is 2. The Labute approximate surface area is 183 Å². The molecule has 4 rings (SSSR count). The number of amides is 1. The lowest BCUT2D eigenvalue weighted by Gasteiger charge is -2.10. The van der Waals surface area contributed by atoms with E-state index in [0.29, 0.717) is 23.1 Å². The fraction of sp³-hybridized carbons (Fsp3) is 0.0952. The van der Waals surface area contributed by atoms with Crippen molar-refractivity contribution in [3.05, 3.63) is 77.3 Å². The zero-order valence-electron chi connectivity index (χ0n) is 16.2. The summed E-state index contributed by atoms with van der Waals surface area (Å²) in [6.07, 6.45) is 0.390. The summed E-state index contributed by atoms with van der Waals surface area (Å²) in [5.41, 5.74) is 1.70. The first-order valence-electron chi connectivity index (χ1n) is 9.32. The Hall–Kier alpha value is -3.50. The van der Waals surface area contributed by atoms with Crippen LogP contribution in [-0.2, 0) is 21.2 Å². The molecular formula is C21H18N4O4S2. The van der Waals surface area contributed by atoms with Crippen LogP contribution in [0.15, 0.2) is 80.8 Å². The van der Waals surface area contributed by atoms with E-state index in [-0.39, 0.29) is 23.6 Å². The lowest BCUT2D eigenvalue weighted by atomic mass is 10.2. The first-order valence-corrected chi connectivity index (χ1v) is 11.8. The quantitative estimate of drug-likeness (QED) is 0.413. The molecule has 0 aliphatic rings. The van der Waals surface area contributed by atoms with Crippen LogP contribution in [0.5, 0.6) is 0 Å². The first-order chi connectivity index (χ1) is 15.0. The fourth-order valence-corrected chi connectivity index (χ4v) is 4.51. The topological polar surface area (TPSA) is 114 Å². The van der Waals surface area contributed by atoms with Crippen molar-refractivity contribution in [2.24, 2.45) is 0 Å². The summed E-state index contributed by atoms with van der Waals surface area (Å²) < 4.78 is 32.9. The van der Waals surface area contributed by atoms with E-state index in [0.717, 1.165) is 5.56 Å². The zero-order chi connectivity index (χ0) is 21.7. The van der Waals surface area contributed by atoms with E-state index in [1.807, 2.05) is 16.8 Å². The van der Waals surface area contributed by atoms with Gasteiger partial charge in [0.25, 0.3) is 10.0 Å². The van der Waals surface area contributed by atoms with Gasteiger partial charge in [-0.15, -0.1) is 0 Å². The molecule has 0 atom stereocenters. The molecule has 0 aliphatic heterocycles. The van der Waals surface area contributed by atoms with Gasteiger partial charge < -0.3 is 9.84 Å². The number of rotatable bonds is 8. The predicted octanol–water partition coefficient (Wildman–Crippen LogP) is 4.17. The van der Waals surface area contributed by atoms with Crippen LogP contribution < -0.4 is 10.0 Å². The molecule has 4 aromatic rings. The van der Waals surface area contributed by atoms with Crippen molar-refractivity contribution in [2.75, 3.05) is 10.0 Å². The smallest absolute Gasteiger partial charge is 0.261 e. The number of carbonyl (C=O) groups is 1. The summed E-state index contributed by atoms with van der Waals surface area (Å²) in [6, 6.07) is 16.5. The molecule has 0 unspecified atom stereocenters. The molecular weight excluding hydrogens is 436 g/mol. The van der Waals surface area contributed by atoms with Crippen LogP contribution in [0.3, 0.4) is 0 Å². The Balaban J connectivity index is 1.36. The van der Waals surface area contributed by atoms with Crippen LogP contribution in [0.2, 0.25) is 0 Å². The second-order valence-electron chi connectivity index (χ2n) is 6.57. The Morgan fingerprint density at radius 2 is 1.84 bits per heavy atom. The first kappa shape index (κ1) is 20.8. The average Bonchev–Trinajstić information content (AvgIpc) is 3.45. The molecule has 0 spiro atoms. The molecule has 31 heavy (non-hydrogen) atoms. The van der Waals surface area contributed by atoms with Crippen LogP contribution >= 0.6 is 11.3 Å². The summed E-state index contributed by atoms with van der Waals surface area (Å²) in [5, 5.41) is 10.4. The van der Waals surface area contributed by atoms with Crippen LogP contribution in [0.4, 0.5) is 11.4 Å². The number of aryl methyl sites for hydroxylation is 1. The van der Waals surface area contributed by atoms with Gasteiger partial charge in [0.05, 0.1) is 4.90 Å². The molecule has 0 saturated carbocycles. The van der Waals surface area contributed by atoms with Crippen molar-refractivity contribution in [2.45, 2.75) is 17.7 Å². The van der Waals surface area contributed by atoms with E-state index in [4.69, 9.17) is 4.52 Å². The van der Waals surface area contributed by atoms with Gasteiger partial charge in [-0.2, -0.15) is 16.3 Å². The molecule has 10 heteroatoms. The maximum Gasteiger partial charge on any atom is 0.261 e. The van der Waals surface area contributed by atoms with Gasteiger partial charge in [0.1, 0.15) is 0 Å². The molecule has 0 bridgehead atoms. The van der Waals surface area contributed by atoms with E-state index in [1.54, 1.807) is 42.5 Å². The van der Waals surface area contributed by atoms with E-state index >= 15 is 0 Å². The van der Waals surface area contributed by atoms with Crippen LogP contribution in [0.25, 0.3) is 11.4 Å².